The summed E-state index contributed by atoms with van der Waals surface area (Å²) in [6.45, 7) is 17.2. The van der Waals surface area contributed by atoms with Crippen molar-refractivity contribution in [1.29, 1.82) is 0 Å². The van der Waals surface area contributed by atoms with Crippen LogP contribution in [0.15, 0.2) is 24.3 Å². The summed E-state index contributed by atoms with van der Waals surface area (Å²) in [6.07, 6.45) is 2.28. The van der Waals surface area contributed by atoms with Gasteiger partial charge >= 0.3 is 6.09 Å². The summed E-state index contributed by atoms with van der Waals surface area (Å²) in [5.41, 5.74) is 0.312. The molecule has 0 heterocycles. The molecule has 2 unspecified atom stereocenters. The van der Waals surface area contributed by atoms with Gasteiger partial charge in [-0.1, -0.05) is 44.0 Å². The molecule has 7 heteroatoms. The Morgan fingerprint density at radius 2 is 1.64 bits per heavy atom. The highest BCUT2D eigenvalue weighted by Crippen LogP contribution is 2.31. The molecule has 0 aliphatic carbocycles. The van der Waals surface area contributed by atoms with Crippen molar-refractivity contribution in [3.8, 4) is 0 Å². The number of hydrogen-bond donors (Lipinski definition) is 2. The molecule has 7 nitrogen and oxygen atoms in total. The number of alkyl carbamates (subject to hydrolysis) is 1. The molecule has 1 rings (SSSR count). The number of unbranched alkanes of at least 4 members (excludes halogenated alkanes) is 2. The van der Waals surface area contributed by atoms with Gasteiger partial charge in [-0.2, -0.15) is 0 Å². The molecule has 0 fully saturated rings. The lowest BCUT2D eigenvalue weighted by molar-refractivity contribution is -0.148. The molecule has 186 valence electrons. The maximum absolute atomic E-state index is 13.7. The number of carbonyl (C=O) groups excluding carboxylic acids is 3. The summed E-state index contributed by atoms with van der Waals surface area (Å²) in [4.78, 5) is 41.0. The van der Waals surface area contributed by atoms with Crippen molar-refractivity contribution in [1.82, 2.24) is 15.5 Å². The topological polar surface area (TPSA) is 87.7 Å². The first-order valence-electron chi connectivity index (χ1n) is 11.8. The number of aryl methyl sites for hydroxylation is 1. The summed E-state index contributed by atoms with van der Waals surface area (Å²) < 4.78 is 5.31. The zero-order valence-corrected chi connectivity index (χ0v) is 21.9. The van der Waals surface area contributed by atoms with Crippen LogP contribution in [0, 0.1) is 6.92 Å². The molecule has 1 aromatic carbocycles. The standard InChI is InChI=1S/C26H43N3O4/c1-10-11-14-17-27-22(30)21(20-16-13-12-15-18(20)2)29(25(4,5)6)23(31)19(3)28-24(32)33-26(7,8)9/h12-13,15-16,19,21H,10-11,14,17H2,1-9H3,(H,27,30)(H,28,32). The van der Waals surface area contributed by atoms with E-state index in [0.717, 1.165) is 30.4 Å². The predicted molar refractivity (Wildman–Crippen MR) is 132 cm³/mol. The summed E-state index contributed by atoms with van der Waals surface area (Å²) >= 11 is 0. The van der Waals surface area contributed by atoms with E-state index in [9.17, 15) is 14.4 Å². The van der Waals surface area contributed by atoms with Crippen molar-refractivity contribution in [2.75, 3.05) is 6.54 Å². The van der Waals surface area contributed by atoms with Gasteiger partial charge in [-0.15, -0.1) is 0 Å². The minimum absolute atomic E-state index is 0.229. The van der Waals surface area contributed by atoms with Crippen LogP contribution < -0.4 is 10.6 Å². The van der Waals surface area contributed by atoms with Crippen molar-refractivity contribution in [2.24, 2.45) is 0 Å². The lowest BCUT2D eigenvalue weighted by Gasteiger charge is -2.43. The fourth-order valence-electron chi connectivity index (χ4n) is 3.57. The Kier molecular flexibility index (Phi) is 10.4. The third-order valence-corrected chi connectivity index (χ3v) is 5.13. The number of nitrogens with one attached hydrogen (secondary N) is 2. The number of amides is 3. The Balaban J connectivity index is 3.32. The zero-order chi connectivity index (χ0) is 25.4. The van der Waals surface area contributed by atoms with Gasteiger partial charge in [0.2, 0.25) is 11.8 Å². The second-order valence-corrected chi connectivity index (χ2v) is 10.5. The smallest absolute Gasteiger partial charge is 0.408 e. The van der Waals surface area contributed by atoms with Gasteiger partial charge in [-0.05, 0) is 72.9 Å². The molecule has 0 spiro atoms. The van der Waals surface area contributed by atoms with Gasteiger partial charge in [0.1, 0.15) is 17.7 Å². The van der Waals surface area contributed by atoms with E-state index in [-0.39, 0.29) is 11.8 Å². The molecule has 3 amide bonds. The second kappa shape index (κ2) is 12.1. The van der Waals surface area contributed by atoms with Crippen LogP contribution in [0.25, 0.3) is 0 Å². The average molecular weight is 462 g/mol. The van der Waals surface area contributed by atoms with Crippen LogP contribution in [-0.4, -0.2) is 46.5 Å². The van der Waals surface area contributed by atoms with Gasteiger partial charge in [-0.25, -0.2) is 4.79 Å². The first kappa shape index (κ1) is 28.5. The van der Waals surface area contributed by atoms with Gasteiger partial charge in [0.25, 0.3) is 0 Å². The lowest BCUT2D eigenvalue weighted by atomic mass is 9.93. The van der Waals surface area contributed by atoms with E-state index >= 15 is 0 Å². The van der Waals surface area contributed by atoms with E-state index in [1.807, 2.05) is 52.0 Å². The fourth-order valence-corrected chi connectivity index (χ4v) is 3.57. The van der Waals surface area contributed by atoms with Gasteiger partial charge in [0, 0.05) is 12.1 Å². The highest BCUT2D eigenvalue weighted by molar-refractivity contribution is 5.92. The van der Waals surface area contributed by atoms with Crippen molar-refractivity contribution < 1.29 is 19.1 Å². The normalized spacial score (nSPS) is 13.6. The Morgan fingerprint density at radius 3 is 2.15 bits per heavy atom. The van der Waals surface area contributed by atoms with Crippen LogP contribution in [0.3, 0.4) is 0 Å². The van der Waals surface area contributed by atoms with Gasteiger partial charge in [0.05, 0.1) is 0 Å². The largest absolute Gasteiger partial charge is 0.444 e. The van der Waals surface area contributed by atoms with Crippen molar-refractivity contribution >= 4 is 17.9 Å². The number of benzene rings is 1. The van der Waals surface area contributed by atoms with E-state index < -0.39 is 29.3 Å². The highest BCUT2D eigenvalue weighted by atomic mass is 16.6. The second-order valence-electron chi connectivity index (χ2n) is 10.5. The van der Waals surface area contributed by atoms with Gasteiger partial charge in [0.15, 0.2) is 0 Å². The quantitative estimate of drug-likeness (QED) is 0.513. The van der Waals surface area contributed by atoms with E-state index in [2.05, 4.69) is 17.6 Å². The summed E-state index contributed by atoms with van der Waals surface area (Å²) in [7, 11) is 0. The lowest BCUT2D eigenvalue weighted by Crippen LogP contribution is -2.58. The predicted octanol–water partition coefficient (Wildman–Crippen LogP) is 4.88. The van der Waals surface area contributed by atoms with Crippen LogP contribution in [0.4, 0.5) is 4.79 Å². The van der Waals surface area contributed by atoms with E-state index in [1.54, 1.807) is 32.6 Å². The van der Waals surface area contributed by atoms with Crippen LogP contribution >= 0.6 is 0 Å². The molecule has 0 aliphatic heterocycles. The Labute approximate surface area is 199 Å². The van der Waals surface area contributed by atoms with Crippen molar-refractivity contribution in [3.63, 3.8) is 0 Å². The average Bonchev–Trinajstić information content (AvgIpc) is 2.67. The number of rotatable bonds is 9. The first-order chi connectivity index (χ1) is 15.2. The molecule has 2 N–H and O–H groups in total. The Bertz CT molecular complexity index is 808. The van der Waals surface area contributed by atoms with Gasteiger partial charge in [-0.3, -0.25) is 9.59 Å². The third kappa shape index (κ3) is 9.06. The molecule has 0 saturated carbocycles. The minimum Gasteiger partial charge on any atom is -0.444 e. The monoisotopic (exact) mass is 461 g/mol. The van der Waals surface area contributed by atoms with Gasteiger partial charge < -0.3 is 20.3 Å². The summed E-state index contributed by atoms with van der Waals surface area (Å²) in [5.74, 6) is -0.585. The molecule has 0 radical (unpaired) electrons. The molecular weight excluding hydrogens is 418 g/mol. The summed E-state index contributed by atoms with van der Waals surface area (Å²) in [5, 5.41) is 5.64. The highest BCUT2D eigenvalue weighted by Gasteiger charge is 2.41. The van der Waals surface area contributed by atoms with Crippen LogP contribution in [0.5, 0.6) is 0 Å². The zero-order valence-electron chi connectivity index (χ0n) is 21.9. The molecule has 0 aromatic heterocycles. The number of nitrogens with zero attached hydrogens (tertiary/aromatic N) is 1. The number of carbonyl (C=O) groups is 3. The van der Waals surface area contributed by atoms with E-state index in [1.165, 1.54) is 0 Å². The molecule has 1 aromatic rings. The molecular formula is C26H43N3O4. The van der Waals surface area contributed by atoms with Crippen LogP contribution in [0.2, 0.25) is 0 Å². The third-order valence-electron chi connectivity index (χ3n) is 5.13. The molecule has 33 heavy (non-hydrogen) atoms. The van der Waals surface area contributed by atoms with Crippen molar-refractivity contribution in [3.05, 3.63) is 35.4 Å². The Morgan fingerprint density at radius 1 is 1.03 bits per heavy atom. The maximum atomic E-state index is 13.7. The molecule has 0 bridgehead atoms. The number of hydrogen-bond acceptors (Lipinski definition) is 4. The summed E-state index contributed by atoms with van der Waals surface area (Å²) in [6, 6.07) is 5.88. The van der Waals surface area contributed by atoms with E-state index in [4.69, 9.17) is 4.74 Å². The van der Waals surface area contributed by atoms with Crippen LogP contribution in [0.1, 0.15) is 91.8 Å². The van der Waals surface area contributed by atoms with Crippen LogP contribution in [-0.2, 0) is 14.3 Å². The number of ether oxygens (including phenoxy) is 1. The SMILES string of the molecule is CCCCCNC(=O)C(c1ccccc1C)N(C(=O)C(C)NC(=O)OC(C)(C)C)C(C)(C)C. The van der Waals surface area contributed by atoms with E-state index in [0.29, 0.717) is 6.54 Å². The van der Waals surface area contributed by atoms with Crippen molar-refractivity contribution in [2.45, 2.75) is 105 Å². The maximum Gasteiger partial charge on any atom is 0.408 e. The minimum atomic E-state index is -0.876. The molecule has 0 aliphatic rings. The fraction of sp³-hybridized carbons (Fsp3) is 0.654. The molecule has 2 atom stereocenters. The molecule has 0 saturated heterocycles. The first-order valence-corrected chi connectivity index (χ1v) is 11.8. The Hall–Kier alpha value is -2.57.